The van der Waals surface area contributed by atoms with E-state index in [1.54, 1.807) is 0 Å². The summed E-state index contributed by atoms with van der Waals surface area (Å²) in [5.41, 5.74) is 3.57. The van der Waals surface area contributed by atoms with Crippen LogP contribution < -0.4 is 0 Å². The Morgan fingerprint density at radius 1 is 1.32 bits per heavy atom. The Balaban J connectivity index is 2.23. The summed E-state index contributed by atoms with van der Waals surface area (Å²) in [5.74, 6) is 0.320. The van der Waals surface area contributed by atoms with Crippen molar-refractivity contribution in [3.63, 3.8) is 0 Å². The minimum atomic E-state index is 0.105. The molecule has 0 saturated carbocycles. The standard InChI is InChI=1S/C16H26N2O/c1-12-9-13-14(10-16(2,3)11-15(13)19)18(12)8-6-7-17(4)5/h9H,6-8,10-11H2,1-5H3. The molecule has 3 nitrogen and oxygen atoms in total. The summed E-state index contributed by atoms with van der Waals surface area (Å²) in [6.07, 6.45) is 2.83. The van der Waals surface area contributed by atoms with Crippen LogP contribution in [0.2, 0.25) is 0 Å². The molecule has 1 aliphatic rings. The summed E-state index contributed by atoms with van der Waals surface area (Å²) in [5, 5.41) is 0. The Labute approximate surface area is 116 Å². The van der Waals surface area contributed by atoms with Gasteiger partial charge in [-0.15, -0.1) is 0 Å². The van der Waals surface area contributed by atoms with Crippen LogP contribution >= 0.6 is 0 Å². The fourth-order valence-corrected chi connectivity index (χ4v) is 3.06. The van der Waals surface area contributed by atoms with E-state index >= 15 is 0 Å². The van der Waals surface area contributed by atoms with E-state index in [1.165, 1.54) is 11.4 Å². The van der Waals surface area contributed by atoms with Crippen molar-refractivity contribution in [2.75, 3.05) is 20.6 Å². The van der Waals surface area contributed by atoms with Crippen molar-refractivity contribution in [1.82, 2.24) is 9.47 Å². The second-order valence-electron chi connectivity index (χ2n) is 6.90. The highest BCUT2D eigenvalue weighted by molar-refractivity contribution is 5.99. The number of carbonyl (C=O) groups excluding carboxylic acids is 1. The summed E-state index contributed by atoms with van der Waals surface area (Å²) in [4.78, 5) is 14.4. The molecule has 0 fully saturated rings. The molecule has 0 radical (unpaired) electrons. The number of Topliss-reactive ketones (excluding diaryl/α,β-unsaturated/α-hetero) is 1. The first-order chi connectivity index (χ1) is 8.80. The smallest absolute Gasteiger partial charge is 0.165 e. The summed E-state index contributed by atoms with van der Waals surface area (Å²) in [6.45, 7) is 8.61. The number of hydrogen-bond acceptors (Lipinski definition) is 2. The molecule has 0 spiro atoms. The average molecular weight is 262 g/mol. The highest BCUT2D eigenvalue weighted by atomic mass is 16.1. The van der Waals surface area contributed by atoms with Crippen molar-refractivity contribution >= 4 is 5.78 Å². The lowest BCUT2D eigenvalue weighted by Crippen LogP contribution is -2.28. The van der Waals surface area contributed by atoms with Crippen molar-refractivity contribution < 1.29 is 4.79 Å². The minimum absolute atomic E-state index is 0.105. The number of carbonyl (C=O) groups is 1. The molecular formula is C16H26N2O. The van der Waals surface area contributed by atoms with E-state index in [0.717, 1.165) is 31.5 Å². The van der Waals surface area contributed by atoms with E-state index in [0.29, 0.717) is 12.2 Å². The molecule has 3 heteroatoms. The van der Waals surface area contributed by atoms with Gasteiger partial charge in [0.25, 0.3) is 0 Å². The van der Waals surface area contributed by atoms with Gasteiger partial charge >= 0.3 is 0 Å². The van der Waals surface area contributed by atoms with E-state index in [9.17, 15) is 4.79 Å². The molecule has 0 atom stereocenters. The molecule has 0 unspecified atom stereocenters. The van der Waals surface area contributed by atoms with Crippen LogP contribution in [0.1, 0.15) is 48.4 Å². The van der Waals surface area contributed by atoms with Crippen LogP contribution in [0.4, 0.5) is 0 Å². The number of hydrogen-bond donors (Lipinski definition) is 0. The molecular weight excluding hydrogens is 236 g/mol. The van der Waals surface area contributed by atoms with Gasteiger partial charge in [-0.3, -0.25) is 4.79 Å². The number of aryl methyl sites for hydroxylation is 1. The van der Waals surface area contributed by atoms with Crippen LogP contribution in [0.15, 0.2) is 6.07 Å². The molecule has 1 aromatic rings. The average Bonchev–Trinajstić information content (AvgIpc) is 2.55. The largest absolute Gasteiger partial charge is 0.348 e. The number of aromatic nitrogens is 1. The third-order valence-corrected chi connectivity index (χ3v) is 3.99. The molecule has 1 aromatic heterocycles. The maximum Gasteiger partial charge on any atom is 0.165 e. The van der Waals surface area contributed by atoms with Crippen molar-refractivity contribution in [2.45, 2.75) is 46.6 Å². The summed E-state index contributed by atoms with van der Waals surface area (Å²) < 4.78 is 2.36. The highest BCUT2D eigenvalue weighted by Gasteiger charge is 2.33. The molecule has 1 heterocycles. The third-order valence-electron chi connectivity index (χ3n) is 3.99. The molecule has 0 saturated heterocycles. The lowest BCUT2D eigenvalue weighted by molar-refractivity contribution is 0.0910. The third kappa shape index (κ3) is 3.08. The van der Waals surface area contributed by atoms with Crippen LogP contribution in [0, 0.1) is 12.3 Å². The molecule has 1 aliphatic carbocycles. The molecule has 2 rings (SSSR count). The molecule has 106 valence electrons. The van der Waals surface area contributed by atoms with Crippen LogP contribution in [0.25, 0.3) is 0 Å². The van der Waals surface area contributed by atoms with Crippen LogP contribution in [-0.2, 0) is 13.0 Å². The number of rotatable bonds is 4. The van der Waals surface area contributed by atoms with E-state index in [-0.39, 0.29) is 5.41 Å². The van der Waals surface area contributed by atoms with E-state index < -0.39 is 0 Å². The normalized spacial score (nSPS) is 17.9. The second-order valence-corrected chi connectivity index (χ2v) is 6.90. The van der Waals surface area contributed by atoms with Crippen molar-refractivity contribution in [3.05, 3.63) is 23.0 Å². The van der Waals surface area contributed by atoms with Crippen molar-refractivity contribution in [3.8, 4) is 0 Å². The zero-order chi connectivity index (χ0) is 14.2. The van der Waals surface area contributed by atoms with Gasteiger partial charge in [-0.2, -0.15) is 0 Å². The van der Waals surface area contributed by atoms with Crippen LogP contribution in [0.3, 0.4) is 0 Å². The van der Waals surface area contributed by atoms with Gasteiger partial charge < -0.3 is 9.47 Å². The van der Waals surface area contributed by atoms with Gasteiger partial charge in [0.1, 0.15) is 0 Å². The first-order valence-electron chi connectivity index (χ1n) is 7.17. The van der Waals surface area contributed by atoms with Gasteiger partial charge in [0, 0.05) is 29.9 Å². The molecule has 0 N–H and O–H groups in total. The van der Waals surface area contributed by atoms with E-state index in [1.807, 2.05) is 0 Å². The van der Waals surface area contributed by atoms with Crippen molar-refractivity contribution in [1.29, 1.82) is 0 Å². The summed E-state index contributed by atoms with van der Waals surface area (Å²) in [7, 11) is 4.20. The van der Waals surface area contributed by atoms with Crippen LogP contribution in [0.5, 0.6) is 0 Å². The fraction of sp³-hybridized carbons (Fsp3) is 0.688. The second kappa shape index (κ2) is 5.12. The van der Waals surface area contributed by atoms with Gasteiger partial charge in [-0.25, -0.2) is 0 Å². The van der Waals surface area contributed by atoms with Crippen molar-refractivity contribution in [2.24, 2.45) is 5.41 Å². The lowest BCUT2D eigenvalue weighted by Gasteiger charge is -2.30. The van der Waals surface area contributed by atoms with Crippen LogP contribution in [-0.4, -0.2) is 35.9 Å². The fourth-order valence-electron chi connectivity index (χ4n) is 3.06. The molecule has 0 amide bonds. The Morgan fingerprint density at radius 3 is 2.63 bits per heavy atom. The predicted octanol–water partition coefficient (Wildman–Crippen LogP) is 2.90. The molecule has 0 bridgehead atoms. The maximum absolute atomic E-state index is 12.2. The van der Waals surface area contributed by atoms with Gasteiger partial charge in [0.15, 0.2) is 5.78 Å². The summed E-state index contributed by atoms with van der Waals surface area (Å²) >= 11 is 0. The van der Waals surface area contributed by atoms with Gasteiger partial charge in [0.05, 0.1) is 0 Å². The first-order valence-corrected chi connectivity index (χ1v) is 7.17. The quantitative estimate of drug-likeness (QED) is 0.833. The van der Waals surface area contributed by atoms with Gasteiger partial charge in [0.2, 0.25) is 0 Å². The number of ketones is 1. The first kappa shape index (κ1) is 14.3. The van der Waals surface area contributed by atoms with E-state index in [4.69, 9.17) is 0 Å². The van der Waals surface area contributed by atoms with Gasteiger partial charge in [-0.1, -0.05) is 13.8 Å². The zero-order valence-electron chi connectivity index (χ0n) is 12.9. The zero-order valence-corrected chi connectivity index (χ0v) is 12.9. The molecule has 19 heavy (non-hydrogen) atoms. The minimum Gasteiger partial charge on any atom is -0.348 e. The molecule has 0 aliphatic heterocycles. The van der Waals surface area contributed by atoms with E-state index in [2.05, 4.69) is 50.4 Å². The number of nitrogens with zero attached hydrogens (tertiary/aromatic N) is 2. The Morgan fingerprint density at radius 2 is 2.00 bits per heavy atom. The summed E-state index contributed by atoms with van der Waals surface area (Å²) in [6, 6.07) is 2.09. The number of fused-ring (bicyclic) bond motifs is 1. The maximum atomic E-state index is 12.2. The Hall–Kier alpha value is -1.09. The SMILES string of the molecule is Cc1cc2c(n1CCCN(C)C)CC(C)(C)CC2=O. The predicted molar refractivity (Wildman–Crippen MR) is 78.8 cm³/mol. The monoisotopic (exact) mass is 262 g/mol. The molecule has 0 aromatic carbocycles. The lowest BCUT2D eigenvalue weighted by atomic mass is 9.76. The van der Waals surface area contributed by atoms with Gasteiger partial charge in [-0.05, 0) is 51.9 Å². The Kier molecular flexibility index (Phi) is 3.86. The topological polar surface area (TPSA) is 25.2 Å². The Bertz CT molecular complexity index is 483. The highest BCUT2D eigenvalue weighted by Crippen LogP contribution is 2.36.